The number of benzene rings is 1. The van der Waals surface area contributed by atoms with Crippen LogP contribution in [0.15, 0.2) is 53.7 Å². The number of aromatic nitrogens is 1. The maximum atomic E-state index is 12.5. The molecule has 1 aliphatic rings. The molecule has 5 nitrogen and oxygen atoms in total. The highest BCUT2D eigenvalue weighted by atomic mass is 32.2. The van der Waals surface area contributed by atoms with E-state index in [0.717, 1.165) is 19.5 Å². The van der Waals surface area contributed by atoms with Crippen molar-refractivity contribution < 1.29 is 8.42 Å². The third-order valence-corrected chi connectivity index (χ3v) is 6.44. The molecule has 128 valence electrons. The molecule has 1 aromatic carbocycles. The van der Waals surface area contributed by atoms with Crippen LogP contribution in [-0.4, -0.2) is 26.5 Å². The molecule has 1 aliphatic heterocycles. The van der Waals surface area contributed by atoms with Gasteiger partial charge in [-0.25, -0.2) is 8.42 Å². The van der Waals surface area contributed by atoms with Gasteiger partial charge in [0.2, 0.25) is 0 Å². The fourth-order valence-corrected chi connectivity index (χ4v) is 4.24. The lowest BCUT2D eigenvalue weighted by Crippen LogP contribution is -2.44. The van der Waals surface area contributed by atoms with E-state index >= 15 is 0 Å². The van der Waals surface area contributed by atoms with E-state index in [-0.39, 0.29) is 10.3 Å². The largest absolute Gasteiger partial charge is 0.316 e. The second-order valence-corrected chi connectivity index (χ2v) is 8.33. The molecule has 2 heterocycles. The standard InChI is InChI=1S/C18H23N3O2S/c1-14-12-20-10-8-18(14,2)15-5-3-6-16(11-15)21-24(22,23)17-7-4-9-19-13-17/h3-7,9,11,13-14,20-21H,8,10,12H2,1-2H3/t14?,18-/m0/s1. The number of hydrogen-bond donors (Lipinski definition) is 2. The highest BCUT2D eigenvalue weighted by Gasteiger charge is 2.35. The van der Waals surface area contributed by atoms with Crippen LogP contribution in [0, 0.1) is 5.92 Å². The zero-order valence-electron chi connectivity index (χ0n) is 14.0. The van der Waals surface area contributed by atoms with Gasteiger partial charge >= 0.3 is 0 Å². The van der Waals surface area contributed by atoms with Crippen molar-refractivity contribution in [2.45, 2.75) is 30.6 Å². The van der Waals surface area contributed by atoms with Gasteiger partial charge in [0.15, 0.2) is 0 Å². The van der Waals surface area contributed by atoms with Crippen molar-refractivity contribution in [1.82, 2.24) is 10.3 Å². The Labute approximate surface area is 143 Å². The summed E-state index contributed by atoms with van der Waals surface area (Å²) in [5, 5.41) is 3.42. The summed E-state index contributed by atoms with van der Waals surface area (Å²) in [6, 6.07) is 10.9. The summed E-state index contributed by atoms with van der Waals surface area (Å²) in [5.41, 5.74) is 1.80. The number of nitrogens with zero attached hydrogens (tertiary/aromatic N) is 1. The summed E-state index contributed by atoms with van der Waals surface area (Å²) in [6.07, 6.45) is 3.94. The number of nitrogens with one attached hydrogen (secondary N) is 2. The molecule has 3 rings (SSSR count). The van der Waals surface area contributed by atoms with Crippen molar-refractivity contribution in [3.05, 3.63) is 54.4 Å². The third-order valence-electron chi connectivity index (χ3n) is 5.08. The topological polar surface area (TPSA) is 71.1 Å². The van der Waals surface area contributed by atoms with Gasteiger partial charge in [-0.2, -0.15) is 0 Å². The summed E-state index contributed by atoms with van der Waals surface area (Å²) in [5.74, 6) is 0.483. The zero-order chi connectivity index (χ0) is 17.2. The van der Waals surface area contributed by atoms with Crippen molar-refractivity contribution in [3.63, 3.8) is 0 Å². The first-order chi connectivity index (χ1) is 11.4. The number of hydrogen-bond acceptors (Lipinski definition) is 4. The summed E-state index contributed by atoms with van der Waals surface area (Å²) in [6.45, 7) is 6.44. The van der Waals surface area contributed by atoms with Crippen LogP contribution >= 0.6 is 0 Å². The summed E-state index contributed by atoms with van der Waals surface area (Å²) < 4.78 is 27.6. The number of pyridine rings is 1. The Kier molecular flexibility index (Phi) is 4.60. The van der Waals surface area contributed by atoms with E-state index in [0.29, 0.717) is 11.6 Å². The number of rotatable bonds is 4. The average Bonchev–Trinajstić information content (AvgIpc) is 2.58. The Hall–Kier alpha value is -1.92. The molecule has 0 amide bonds. The van der Waals surface area contributed by atoms with E-state index in [1.54, 1.807) is 18.3 Å². The van der Waals surface area contributed by atoms with Gasteiger partial charge in [0.1, 0.15) is 4.90 Å². The van der Waals surface area contributed by atoms with Crippen molar-refractivity contribution in [3.8, 4) is 0 Å². The lowest BCUT2D eigenvalue weighted by atomic mass is 9.68. The SMILES string of the molecule is CC1CNCC[C@]1(C)c1cccc(NS(=O)(=O)c2cccnc2)c1. The van der Waals surface area contributed by atoms with E-state index in [4.69, 9.17) is 0 Å². The molecular formula is C18H23N3O2S. The van der Waals surface area contributed by atoms with E-state index in [9.17, 15) is 8.42 Å². The van der Waals surface area contributed by atoms with Crippen LogP contribution in [0.5, 0.6) is 0 Å². The number of piperidine rings is 1. The molecule has 0 spiro atoms. The van der Waals surface area contributed by atoms with Gasteiger partial charge in [-0.1, -0.05) is 26.0 Å². The van der Waals surface area contributed by atoms with Gasteiger partial charge in [0.05, 0.1) is 0 Å². The molecule has 0 aliphatic carbocycles. The number of anilines is 1. The molecule has 1 aromatic heterocycles. The van der Waals surface area contributed by atoms with Crippen molar-refractivity contribution in [2.24, 2.45) is 5.92 Å². The van der Waals surface area contributed by atoms with E-state index in [2.05, 4.69) is 34.9 Å². The monoisotopic (exact) mass is 345 g/mol. The molecular weight excluding hydrogens is 322 g/mol. The fourth-order valence-electron chi connectivity index (χ4n) is 3.23. The summed E-state index contributed by atoms with van der Waals surface area (Å²) in [7, 11) is -3.62. The van der Waals surface area contributed by atoms with Gasteiger partial charge in [-0.05, 0) is 60.7 Å². The minimum absolute atomic E-state index is 0.0427. The van der Waals surface area contributed by atoms with Gasteiger partial charge in [0, 0.05) is 18.1 Å². The molecule has 2 atom stereocenters. The molecule has 1 saturated heterocycles. The second kappa shape index (κ2) is 6.53. The Bertz CT molecular complexity index is 808. The highest BCUT2D eigenvalue weighted by Crippen LogP contribution is 2.38. The Morgan fingerprint density at radius 1 is 1.29 bits per heavy atom. The quantitative estimate of drug-likeness (QED) is 0.894. The fraction of sp³-hybridized carbons (Fsp3) is 0.389. The molecule has 0 saturated carbocycles. The molecule has 2 N–H and O–H groups in total. The minimum Gasteiger partial charge on any atom is -0.316 e. The van der Waals surface area contributed by atoms with Crippen LogP contribution in [0.2, 0.25) is 0 Å². The van der Waals surface area contributed by atoms with E-state index in [1.807, 2.05) is 12.1 Å². The zero-order valence-corrected chi connectivity index (χ0v) is 14.8. The second-order valence-electron chi connectivity index (χ2n) is 6.65. The lowest BCUT2D eigenvalue weighted by Gasteiger charge is -2.40. The molecule has 0 radical (unpaired) electrons. The van der Waals surface area contributed by atoms with Gasteiger partial charge in [-0.3, -0.25) is 9.71 Å². The van der Waals surface area contributed by atoms with Crippen LogP contribution in [0.4, 0.5) is 5.69 Å². The van der Waals surface area contributed by atoms with Crippen molar-refractivity contribution in [1.29, 1.82) is 0 Å². The van der Waals surface area contributed by atoms with Crippen LogP contribution < -0.4 is 10.0 Å². The van der Waals surface area contributed by atoms with Crippen LogP contribution in [0.25, 0.3) is 0 Å². The Morgan fingerprint density at radius 3 is 2.83 bits per heavy atom. The summed E-state index contributed by atoms with van der Waals surface area (Å²) >= 11 is 0. The van der Waals surface area contributed by atoms with Crippen LogP contribution in [0.1, 0.15) is 25.8 Å². The van der Waals surface area contributed by atoms with E-state index < -0.39 is 10.0 Å². The average molecular weight is 345 g/mol. The van der Waals surface area contributed by atoms with Crippen LogP contribution in [0.3, 0.4) is 0 Å². The highest BCUT2D eigenvalue weighted by molar-refractivity contribution is 7.92. The first-order valence-electron chi connectivity index (χ1n) is 8.16. The van der Waals surface area contributed by atoms with Gasteiger partial charge in [0.25, 0.3) is 10.0 Å². The molecule has 1 unspecified atom stereocenters. The normalized spacial score (nSPS) is 24.5. The van der Waals surface area contributed by atoms with Crippen molar-refractivity contribution in [2.75, 3.05) is 17.8 Å². The van der Waals surface area contributed by atoms with Gasteiger partial charge in [-0.15, -0.1) is 0 Å². The van der Waals surface area contributed by atoms with Crippen molar-refractivity contribution >= 4 is 15.7 Å². The first kappa shape index (κ1) is 16.9. The molecule has 2 aromatic rings. The smallest absolute Gasteiger partial charge is 0.263 e. The number of sulfonamides is 1. The Morgan fingerprint density at radius 2 is 2.12 bits per heavy atom. The predicted octanol–water partition coefficient (Wildman–Crippen LogP) is 2.77. The summed E-state index contributed by atoms with van der Waals surface area (Å²) in [4.78, 5) is 4.04. The lowest BCUT2D eigenvalue weighted by molar-refractivity contribution is 0.238. The first-order valence-corrected chi connectivity index (χ1v) is 9.64. The third kappa shape index (κ3) is 3.30. The predicted molar refractivity (Wildman–Crippen MR) is 95.5 cm³/mol. The van der Waals surface area contributed by atoms with E-state index in [1.165, 1.54) is 17.8 Å². The minimum atomic E-state index is -3.62. The maximum absolute atomic E-state index is 12.5. The maximum Gasteiger partial charge on any atom is 0.263 e. The van der Waals surface area contributed by atoms with Gasteiger partial charge < -0.3 is 5.32 Å². The molecule has 1 fully saturated rings. The van der Waals surface area contributed by atoms with Crippen LogP contribution in [-0.2, 0) is 15.4 Å². The Balaban J connectivity index is 1.89. The molecule has 0 bridgehead atoms. The molecule has 6 heteroatoms. The molecule has 24 heavy (non-hydrogen) atoms.